The van der Waals surface area contributed by atoms with Crippen molar-refractivity contribution in [3.8, 4) is 0 Å². The number of hydrogen-bond acceptors (Lipinski definition) is 4. The quantitative estimate of drug-likeness (QED) is 0.595. The molecule has 0 bridgehead atoms. The van der Waals surface area contributed by atoms with Crippen LogP contribution >= 0.6 is 0 Å². The van der Waals surface area contributed by atoms with Crippen LogP contribution in [0.25, 0.3) is 0 Å². The highest BCUT2D eigenvalue weighted by molar-refractivity contribution is 7.89. The maximum Gasteiger partial charge on any atom is 0.416 e. The van der Waals surface area contributed by atoms with Gasteiger partial charge in [0.05, 0.1) is 16.6 Å². The smallest absolute Gasteiger partial charge is 0.387 e. The zero-order chi connectivity index (χ0) is 22.6. The molecule has 0 spiro atoms. The molecule has 1 aliphatic carbocycles. The fraction of sp³-hybridized carbons (Fsp3) is 0.381. The molecule has 31 heavy (non-hydrogen) atoms. The van der Waals surface area contributed by atoms with E-state index in [0.717, 1.165) is 37.8 Å². The van der Waals surface area contributed by atoms with Crippen LogP contribution in [0.5, 0.6) is 0 Å². The van der Waals surface area contributed by atoms with Gasteiger partial charge in [-0.25, -0.2) is 13.1 Å². The van der Waals surface area contributed by atoms with Gasteiger partial charge in [-0.15, -0.1) is 0 Å². The van der Waals surface area contributed by atoms with Crippen LogP contribution in [0, 0.1) is 0 Å². The van der Waals surface area contributed by atoms with E-state index in [2.05, 4.69) is 10.0 Å². The Labute approximate surface area is 178 Å². The van der Waals surface area contributed by atoms with Crippen molar-refractivity contribution in [1.29, 1.82) is 0 Å². The zero-order valence-corrected chi connectivity index (χ0v) is 17.3. The van der Waals surface area contributed by atoms with Crippen LogP contribution in [0.4, 0.5) is 13.2 Å². The number of nitrogens with one attached hydrogen (secondary N) is 2. The molecule has 2 aromatic carbocycles. The molecular formula is C21H23F3N2O4S. The Bertz CT molecular complexity index is 1030. The van der Waals surface area contributed by atoms with E-state index in [1.54, 1.807) is 0 Å². The summed E-state index contributed by atoms with van der Waals surface area (Å²) in [6.45, 7) is -0.469. The Morgan fingerprint density at radius 1 is 1.10 bits per heavy atom. The highest BCUT2D eigenvalue weighted by Crippen LogP contribution is 2.34. The van der Waals surface area contributed by atoms with Gasteiger partial charge >= 0.3 is 6.18 Å². The summed E-state index contributed by atoms with van der Waals surface area (Å²) in [5, 5.41) is 12.5. The van der Waals surface area contributed by atoms with Gasteiger partial charge in [0.1, 0.15) is 0 Å². The van der Waals surface area contributed by atoms with Gasteiger partial charge in [0.25, 0.3) is 5.91 Å². The molecule has 6 nitrogen and oxygen atoms in total. The fourth-order valence-electron chi connectivity index (χ4n) is 3.58. The molecule has 0 aromatic heterocycles. The number of carbonyl (C=O) groups is 1. The van der Waals surface area contributed by atoms with Gasteiger partial charge in [-0.05, 0) is 42.7 Å². The van der Waals surface area contributed by atoms with Gasteiger partial charge in [-0.1, -0.05) is 37.1 Å². The zero-order valence-electron chi connectivity index (χ0n) is 16.5. The molecule has 3 N–H and O–H groups in total. The number of halogens is 3. The molecule has 1 aliphatic rings. The standard InChI is InChI=1S/C21H23F3N2O4S/c22-21(23,24)18-11-4-3-10-17(18)19(27)13-25-20(28)14-6-5-9-16(12-14)31(29,30)26-15-7-1-2-8-15/h3-6,9-12,15,19,26-27H,1-2,7-8,13H2,(H,25,28). The molecule has 1 fully saturated rings. The molecule has 0 aliphatic heterocycles. The number of amides is 1. The molecular weight excluding hydrogens is 433 g/mol. The summed E-state index contributed by atoms with van der Waals surface area (Å²) in [6.07, 6.45) is -2.80. The maximum absolute atomic E-state index is 13.1. The number of hydrogen-bond donors (Lipinski definition) is 3. The van der Waals surface area contributed by atoms with Gasteiger partial charge in [0.2, 0.25) is 10.0 Å². The predicted molar refractivity (Wildman–Crippen MR) is 108 cm³/mol. The Morgan fingerprint density at radius 2 is 1.77 bits per heavy atom. The minimum atomic E-state index is -4.64. The van der Waals surface area contributed by atoms with E-state index >= 15 is 0 Å². The van der Waals surface area contributed by atoms with E-state index < -0.39 is 40.3 Å². The molecule has 0 saturated heterocycles. The third-order valence-electron chi connectivity index (χ3n) is 5.16. The normalized spacial score (nSPS) is 16.3. The van der Waals surface area contributed by atoms with E-state index in [9.17, 15) is 31.5 Å². The summed E-state index contributed by atoms with van der Waals surface area (Å²) >= 11 is 0. The summed E-state index contributed by atoms with van der Waals surface area (Å²) in [7, 11) is -3.80. The van der Waals surface area contributed by atoms with Gasteiger partial charge in [0.15, 0.2) is 0 Å². The highest BCUT2D eigenvalue weighted by atomic mass is 32.2. The molecule has 1 amide bonds. The average Bonchev–Trinajstić information content (AvgIpc) is 3.23. The van der Waals surface area contributed by atoms with Crippen LogP contribution in [0.15, 0.2) is 53.4 Å². The van der Waals surface area contributed by atoms with E-state index in [4.69, 9.17) is 0 Å². The van der Waals surface area contributed by atoms with Crippen LogP contribution in [-0.4, -0.2) is 32.0 Å². The maximum atomic E-state index is 13.1. The predicted octanol–water partition coefficient (Wildman–Crippen LogP) is 3.39. The number of benzene rings is 2. The molecule has 0 radical (unpaired) electrons. The first-order valence-electron chi connectivity index (χ1n) is 9.83. The third kappa shape index (κ3) is 5.84. The Morgan fingerprint density at radius 3 is 2.45 bits per heavy atom. The molecule has 1 unspecified atom stereocenters. The first-order chi connectivity index (χ1) is 14.6. The highest BCUT2D eigenvalue weighted by Gasteiger charge is 2.34. The lowest BCUT2D eigenvalue weighted by atomic mass is 10.0. The number of aliphatic hydroxyl groups is 1. The van der Waals surface area contributed by atoms with E-state index in [-0.39, 0.29) is 22.1 Å². The summed E-state index contributed by atoms with van der Waals surface area (Å²) in [4.78, 5) is 12.4. The first kappa shape index (κ1) is 23.2. The van der Waals surface area contributed by atoms with E-state index in [1.165, 1.54) is 36.4 Å². The van der Waals surface area contributed by atoms with Crippen molar-refractivity contribution in [2.24, 2.45) is 0 Å². The lowest BCUT2D eigenvalue weighted by Gasteiger charge is -2.18. The number of sulfonamides is 1. The monoisotopic (exact) mass is 456 g/mol. The minimum Gasteiger partial charge on any atom is -0.387 e. The van der Waals surface area contributed by atoms with Crippen LogP contribution in [0.3, 0.4) is 0 Å². The second-order valence-corrected chi connectivity index (χ2v) is 9.16. The largest absolute Gasteiger partial charge is 0.416 e. The van der Waals surface area contributed by atoms with E-state index in [1.807, 2.05) is 0 Å². The van der Waals surface area contributed by atoms with Gasteiger partial charge < -0.3 is 10.4 Å². The Hall–Kier alpha value is -2.43. The molecule has 1 saturated carbocycles. The molecule has 1 atom stereocenters. The number of rotatable bonds is 7. The number of alkyl halides is 3. The number of aliphatic hydroxyl groups excluding tert-OH is 1. The van der Waals surface area contributed by atoms with Crippen LogP contribution in [-0.2, 0) is 16.2 Å². The Kier molecular flexibility index (Phi) is 7.03. The van der Waals surface area contributed by atoms with Gasteiger partial charge in [-0.3, -0.25) is 4.79 Å². The first-order valence-corrected chi connectivity index (χ1v) is 11.3. The average molecular weight is 456 g/mol. The van der Waals surface area contributed by atoms with Crippen LogP contribution in [0.1, 0.15) is 53.3 Å². The van der Waals surface area contributed by atoms with Crippen molar-refractivity contribution in [1.82, 2.24) is 10.0 Å². The second-order valence-electron chi connectivity index (χ2n) is 7.44. The SMILES string of the molecule is O=C(NCC(O)c1ccccc1C(F)(F)F)c1cccc(S(=O)(=O)NC2CCCC2)c1. The number of carbonyl (C=O) groups excluding carboxylic acids is 1. The summed E-state index contributed by atoms with van der Waals surface area (Å²) in [5.74, 6) is -0.707. The molecule has 2 aromatic rings. The van der Waals surface area contributed by atoms with Crippen molar-refractivity contribution in [3.63, 3.8) is 0 Å². The lowest BCUT2D eigenvalue weighted by Crippen LogP contribution is -2.33. The lowest BCUT2D eigenvalue weighted by molar-refractivity contribution is -0.139. The van der Waals surface area contributed by atoms with Crippen molar-refractivity contribution in [2.45, 2.75) is 48.9 Å². The molecule has 10 heteroatoms. The topological polar surface area (TPSA) is 95.5 Å². The van der Waals surface area contributed by atoms with Crippen molar-refractivity contribution in [2.75, 3.05) is 6.54 Å². The fourth-order valence-corrected chi connectivity index (χ4v) is 4.93. The van der Waals surface area contributed by atoms with E-state index in [0.29, 0.717) is 0 Å². The Balaban J connectivity index is 1.68. The summed E-state index contributed by atoms with van der Waals surface area (Å²) in [6, 6.07) is 9.79. The molecule has 0 heterocycles. The second kappa shape index (κ2) is 9.37. The van der Waals surface area contributed by atoms with Gasteiger partial charge in [-0.2, -0.15) is 13.2 Å². The van der Waals surface area contributed by atoms with Gasteiger partial charge in [0, 0.05) is 18.2 Å². The van der Waals surface area contributed by atoms with Crippen LogP contribution in [0.2, 0.25) is 0 Å². The summed E-state index contributed by atoms with van der Waals surface area (Å²) < 4.78 is 67.1. The van der Waals surface area contributed by atoms with Crippen molar-refractivity contribution in [3.05, 3.63) is 65.2 Å². The summed E-state index contributed by atoms with van der Waals surface area (Å²) in [5.41, 5.74) is -1.32. The molecule has 3 rings (SSSR count). The third-order valence-corrected chi connectivity index (χ3v) is 6.68. The van der Waals surface area contributed by atoms with Crippen LogP contribution < -0.4 is 10.0 Å². The minimum absolute atomic E-state index is 0.0191. The molecule has 168 valence electrons. The van der Waals surface area contributed by atoms with Crippen molar-refractivity contribution >= 4 is 15.9 Å². The van der Waals surface area contributed by atoms with Crippen molar-refractivity contribution < 1.29 is 31.5 Å².